The van der Waals surface area contributed by atoms with Gasteiger partial charge in [-0.05, 0) is 51.7 Å². The van der Waals surface area contributed by atoms with Crippen LogP contribution in [-0.4, -0.2) is 20.2 Å². The Morgan fingerprint density at radius 3 is 2.54 bits per heavy atom. The van der Waals surface area contributed by atoms with Crippen molar-refractivity contribution in [2.45, 2.75) is 12.6 Å². The van der Waals surface area contributed by atoms with Gasteiger partial charge in [-0.3, -0.25) is 5.32 Å². The summed E-state index contributed by atoms with van der Waals surface area (Å²) >= 11 is 1.65. The first-order valence-electron chi connectivity index (χ1n) is 8.16. The van der Waals surface area contributed by atoms with Crippen molar-refractivity contribution in [2.75, 3.05) is 0 Å². The van der Waals surface area contributed by atoms with Crippen LogP contribution < -0.4 is 5.32 Å². The second-order valence-corrected chi connectivity index (χ2v) is 6.70. The summed E-state index contributed by atoms with van der Waals surface area (Å²) in [5.41, 5.74) is 1.90. The maximum Gasteiger partial charge on any atom is 0.170 e. The van der Waals surface area contributed by atoms with E-state index in [9.17, 15) is 4.39 Å². The summed E-state index contributed by atoms with van der Waals surface area (Å²) in [5.74, 6) is 0.464. The summed E-state index contributed by atoms with van der Waals surface area (Å²) < 4.78 is 15.0. The molecular formula is C19H16FN5S. The van der Waals surface area contributed by atoms with Gasteiger partial charge in [0.2, 0.25) is 0 Å². The van der Waals surface area contributed by atoms with Gasteiger partial charge in [-0.2, -0.15) is 4.68 Å². The molecule has 4 rings (SSSR count). The third kappa shape index (κ3) is 3.54. The number of tetrazole rings is 1. The van der Waals surface area contributed by atoms with Crippen LogP contribution in [0.15, 0.2) is 72.1 Å². The molecule has 0 aliphatic carbocycles. The first-order valence-corrected chi connectivity index (χ1v) is 9.04. The maximum absolute atomic E-state index is 13.3. The molecule has 0 aliphatic heterocycles. The van der Waals surface area contributed by atoms with E-state index >= 15 is 0 Å². The second kappa shape index (κ2) is 7.55. The summed E-state index contributed by atoms with van der Waals surface area (Å²) in [6.45, 7) is 0.474. The molecule has 2 aromatic heterocycles. The fourth-order valence-corrected chi connectivity index (χ4v) is 3.60. The van der Waals surface area contributed by atoms with E-state index in [1.165, 1.54) is 12.1 Å². The van der Waals surface area contributed by atoms with Crippen LogP contribution in [0.3, 0.4) is 0 Å². The number of halogens is 1. The molecule has 1 N–H and O–H groups in total. The highest BCUT2D eigenvalue weighted by molar-refractivity contribution is 7.10. The largest absolute Gasteiger partial charge is 0.298 e. The van der Waals surface area contributed by atoms with Crippen LogP contribution in [0.1, 0.15) is 22.3 Å². The van der Waals surface area contributed by atoms with Gasteiger partial charge < -0.3 is 0 Å². The summed E-state index contributed by atoms with van der Waals surface area (Å²) in [6, 6.07) is 20.3. The minimum atomic E-state index is -0.244. The maximum atomic E-state index is 13.3. The summed E-state index contributed by atoms with van der Waals surface area (Å²) in [7, 11) is 0. The molecule has 2 heterocycles. The molecule has 0 fully saturated rings. The zero-order valence-electron chi connectivity index (χ0n) is 13.8. The molecule has 0 aliphatic rings. The van der Waals surface area contributed by atoms with Crippen LogP contribution in [0.4, 0.5) is 4.39 Å². The van der Waals surface area contributed by atoms with Crippen LogP contribution in [0.2, 0.25) is 0 Å². The number of nitrogens with one attached hydrogen (secondary N) is 1. The number of nitrogens with zero attached hydrogens (tertiary/aromatic N) is 4. The van der Waals surface area contributed by atoms with Crippen LogP contribution >= 0.6 is 11.3 Å². The van der Waals surface area contributed by atoms with Crippen LogP contribution in [0.5, 0.6) is 0 Å². The number of thiophene rings is 1. The SMILES string of the molecule is Fc1ccc(C(NCc2nnnn2-c2ccccc2)c2cccs2)cc1. The Morgan fingerprint density at radius 1 is 1.00 bits per heavy atom. The van der Waals surface area contributed by atoms with Crippen molar-refractivity contribution in [2.24, 2.45) is 0 Å². The van der Waals surface area contributed by atoms with Gasteiger partial charge in [0.25, 0.3) is 0 Å². The lowest BCUT2D eigenvalue weighted by molar-refractivity contribution is 0.579. The molecule has 0 saturated heterocycles. The third-order valence-electron chi connectivity index (χ3n) is 4.03. The molecular weight excluding hydrogens is 349 g/mol. The minimum Gasteiger partial charge on any atom is -0.298 e. The third-order valence-corrected chi connectivity index (χ3v) is 4.97. The molecule has 0 spiro atoms. The Labute approximate surface area is 154 Å². The van der Waals surface area contributed by atoms with Crippen molar-refractivity contribution in [1.82, 2.24) is 25.5 Å². The molecule has 26 heavy (non-hydrogen) atoms. The number of para-hydroxylation sites is 1. The number of rotatable bonds is 6. The first kappa shape index (κ1) is 16.6. The average Bonchev–Trinajstić information content (AvgIpc) is 3.36. The predicted molar refractivity (Wildman–Crippen MR) is 98.6 cm³/mol. The molecule has 7 heteroatoms. The number of hydrogen-bond donors (Lipinski definition) is 1. The number of hydrogen-bond acceptors (Lipinski definition) is 5. The van der Waals surface area contributed by atoms with Crippen molar-refractivity contribution in [3.05, 3.63) is 94.2 Å². The second-order valence-electron chi connectivity index (χ2n) is 5.72. The van der Waals surface area contributed by atoms with Gasteiger partial charge in [0.15, 0.2) is 5.82 Å². The zero-order valence-corrected chi connectivity index (χ0v) is 14.6. The van der Waals surface area contributed by atoms with Crippen LogP contribution in [0, 0.1) is 5.82 Å². The van der Waals surface area contributed by atoms with Gasteiger partial charge in [-0.25, -0.2) is 4.39 Å². The molecule has 0 amide bonds. The number of benzene rings is 2. The van der Waals surface area contributed by atoms with Gasteiger partial charge >= 0.3 is 0 Å². The zero-order chi connectivity index (χ0) is 17.8. The summed E-state index contributed by atoms with van der Waals surface area (Å²) in [6.07, 6.45) is 0. The van der Waals surface area contributed by atoms with Gasteiger partial charge in [0.1, 0.15) is 5.82 Å². The highest BCUT2D eigenvalue weighted by Crippen LogP contribution is 2.26. The number of aromatic nitrogens is 4. The Balaban J connectivity index is 1.58. The Bertz CT molecular complexity index is 951. The molecule has 0 bridgehead atoms. The molecule has 5 nitrogen and oxygen atoms in total. The standard InChI is InChI=1S/C19H16FN5S/c20-15-10-8-14(9-11-15)19(17-7-4-12-26-17)21-13-18-22-23-24-25(18)16-5-2-1-3-6-16/h1-12,19,21H,13H2. The molecule has 1 atom stereocenters. The van der Waals surface area contributed by atoms with E-state index in [2.05, 4.69) is 26.9 Å². The molecule has 0 radical (unpaired) electrons. The molecule has 1 unspecified atom stereocenters. The van der Waals surface area contributed by atoms with E-state index in [1.54, 1.807) is 28.2 Å². The average molecular weight is 365 g/mol. The smallest absolute Gasteiger partial charge is 0.170 e. The van der Waals surface area contributed by atoms with E-state index in [1.807, 2.05) is 41.8 Å². The lowest BCUT2D eigenvalue weighted by atomic mass is 10.1. The van der Waals surface area contributed by atoms with Crippen molar-refractivity contribution in [3.8, 4) is 5.69 Å². The van der Waals surface area contributed by atoms with E-state index in [0.29, 0.717) is 12.4 Å². The fraction of sp³-hybridized carbons (Fsp3) is 0.105. The van der Waals surface area contributed by atoms with E-state index in [-0.39, 0.29) is 11.9 Å². The van der Waals surface area contributed by atoms with Crippen molar-refractivity contribution < 1.29 is 4.39 Å². The fourth-order valence-electron chi connectivity index (χ4n) is 2.77. The van der Waals surface area contributed by atoms with Gasteiger partial charge in [0, 0.05) is 4.88 Å². The predicted octanol–water partition coefficient (Wildman–Crippen LogP) is 3.74. The van der Waals surface area contributed by atoms with Crippen LogP contribution in [-0.2, 0) is 6.54 Å². The van der Waals surface area contributed by atoms with Gasteiger partial charge in [-0.15, -0.1) is 16.4 Å². The first-order chi connectivity index (χ1) is 12.8. The highest BCUT2D eigenvalue weighted by atomic mass is 32.1. The lowest BCUT2D eigenvalue weighted by Crippen LogP contribution is -2.23. The minimum absolute atomic E-state index is 0.0588. The van der Waals surface area contributed by atoms with E-state index in [4.69, 9.17) is 0 Å². The van der Waals surface area contributed by atoms with Crippen molar-refractivity contribution in [3.63, 3.8) is 0 Å². The quantitative estimate of drug-likeness (QED) is 0.565. The van der Waals surface area contributed by atoms with Crippen molar-refractivity contribution >= 4 is 11.3 Å². The molecule has 130 valence electrons. The molecule has 2 aromatic carbocycles. The lowest BCUT2D eigenvalue weighted by Gasteiger charge is -2.18. The molecule has 4 aromatic rings. The van der Waals surface area contributed by atoms with E-state index in [0.717, 1.165) is 16.1 Å². The summed E-state index contributed by atoms with van der Waals surface area (Å²) in [4.78, 5) is 1.15. The Morgan fingerprint density at radius 2 is 1.81 bits per heavy atom. The Hall–Kier alpha value is -2.90. The van der Waals surface area contributed by atoms with Gasteiger partial charge in [0.05, 0.1) is 18.3 Å². The Kier molecular flexibility index (Phi) is 4.81. The van der Waals surface area contributed by atoms with E-state index < -0.39 is 0 Å². The highest BCUT2D eigenvalue weighted by Gasteiger charge is 2.17. The van der Waals surface area contributed by atoms with Crippen LogP contribution in [0.25, 0.3) is 5.69 Å². The normalized spacial score (nSPS) is 12.2. The topological polar surface area (TPSA) is 55.6 Å². The van der Waals surface area contributed by atoms with Crippen molar-refractivity contribution in [1.29, 1.82) is 0 Å². The molecule has 0 saturated carbocycles. The summed E-state index contributed by atoms with van der Waals surface area (Å²) in [5, 5.41) is 17.5. The monoisotopic (exact) mass is 365 g/mol. The van der Waals surface area contributed by atoms with Gasteiger partial charge in [-0.1, -0.05) is 36.4 Å².